The molecule has 0 aromatic heterocycles. The van der Waals surface area contributed by atoms with Crippen molar-refractivity contribution >= 4 is 49.4 Å². The summed E-state index contributed by atoms with van der Waals surface area (Å²) in [5.41, 5.74) is 18.5. The second-order valence-electron chi connectivity index (χ2n) is 17.7. The van der Waals surface area contributed by atoms with Gasteiger partial charge in [0.2, 0.25) is 0 Å². The van der Waals surface area contributed by atoms with Gasteiger partial charge in [-0.2, -0.15) is 0 Å². The van der Waals surface area contributed by atoms with Gasteiger partial charge >= 0.3 is 0 Å². The minimum Gasteiger partial charge on any atom is -0.311 e. The lowest BCUT2D eigenvalue weighted by Crippen LogP contribution is -2.16. The third kappa shape index (κ3) is 6.23. The van der Waals surface area contributed by atoms with Crippen LogP contribution < -0.4 is 4.90 Å². The highest BCUT2D eigenvalue weighted by Crippen LogP contribution is 2.52. The summed E-state index contributed by atoms with van der Waals surface area (Å²) in [6, 6.07) is 87.0. The molecule has 0 bridgehead atoms. The predicted molar refractivity (Wildman–Crippen MR) is 273 cm³/mol. The highest BCUT2D eigenvalue weighted by atomic mass is 15.1. The van der Waals surface area contributed by atoms with Crippen molar-refractivity contribution in [2.45, 2.75) is 19.3 Å². The zero-order valence-electron chi connectivity index (χ0n) is 36.0. The van der Waals surface area contributed by atoms with Gasteiger partial charge in [-0.15, -0.1) is 0 Å². The molecule has 11 aromatic rings. The first-order chi connectivity index (χ1) is 31.5. The van der Waals surface area contributed by atoms with Crippen molar-refractivity contribution in [2.24, 2.45) is 0 Å². The summed E-state index contributed by atoms with van der Waals surface area (Å²) < 4.78 is 0. The molecule has 1 nitrogen and oxygen atoms in total. The summed E-state index contributed by atoms with van der Waals surface area (Å²) in [5.74, 6) is 0. The maximum Gasteiger partial charge on any atom is 0.0462 e. The van der Waals surface area contributed by atoms with Crippen molar-refractivity contribution in [1.82, 2.24) is 0 Å². The second-order valence-corrected chi connectivity index (χ2v) is 17.7. The van der Waals surface area contributed by atoms with Crippen LogP contribution in [0, 0.1) is 0 Å². The minimum atomic E-state index is -0.0931. The van der Waals surface area contributed by atoms with E-state index in [1.54, 1.807) is 0 Å². The number of hydrogen-bond acceptors (Lipinski definition) is 1. The molecule has 0 radical (unpaired) electrons. The van der Waals surface area contributed by atoms with Crippen LogP contribution >= 0.6 is 0 Å². The molecule has 1 aliphatic carbocycles. The van der Waals surface area contributed by atoms with Crippen molar-refractivity contribution in [2.75, 3.05) is 4.90 Å². The first kappa shape index (κ1) is 37.7. The summed E-state index contributed by atoms with van der Waals surface area (Å²) in [5, 5.41) is 7.62. The Hall–Kier alpha value is -8.00. The zero-order chi connectivity index (χ0) is 42.8. The molecule has 302 valence electrons. The average Bonchev–Trinajstić information content (AvgIpc) is 3.60. The Morgan fingerprint density at radius 1 is 0.266 bits per heavy atom. The fourth-order valence-corrected chi connectivity index (χ4v) is 10.5. The predicted octanol–water partition coefficient (Wildman–Crippen LogP) is 17.6. The molecule has 0 spiro atoms. The monoisotopic (exact) mass is 815 g/mol. The van der Waals surface area contributed by atoms with Crippen molar-refractivity contribution in [3.8, 4) is 55.6 Å². The number of rotatable bonds is 7. The van der Waals surface area contributed by atoms with E-state index in [1.165, 1.54) is 99.1 Å². The van der Waals surface area contributed by atoms with E-state index in [1.807, 2.05) is 0 Å². The molecule has 0 fully saturated rings. The van der Waals surface area contributed by atoms with Gasteiger partial charge in [-0.25, -0.2) is 0 Å². The van der Waals surface area contributed by atoms with Gasteiger partial charge in [0.15, 0.2) is 0 Å². The van der Waals surface area contributed by atoms with Crippen LogP contribution in [0.5, 0.6) is 0 Å². The Morgan fingerprint density at radius 3 is 1.34 bits per heavy atom. The molecule has 0 heterocycles. The number of hydrogen-bond donors (Lipinski definition) is 0. The molecule has 0 unspecified atom stereocenters. The van der Waals surface area contributed by atoms with E-state index in [2.05, 4.69) is 255 Å². The van der Waals surface area contributed by atoms with Crippen LogP contribution in [0.25, 0.3) is 88.0 Å². The van der Waals surface area contributed by atoms with Gasteiger partial charge in [-0.3, -0.25) is 0 Å². The normalized spacial score (nSPS) is 12.7. The summed E-state index contributed by atoms with van der Waals surface area (Å²) in [6.07, 6.45) is 0. The number of benzene rings is 11. The van der Waals surface area contributed by atoms with Crippen LogP contribution in [0.15, 0.2) is 237 Å². The van der Waals surface area contributed by atoms with E-state index in [9.17, 15) is 0 Å². The fraction of sp³-hybridized carbons (Fsp3) is 0.0476. The van der Waals surface area contributed by atoms with Gasteiger partial charge in [0.25, 0.3) is 0 Å². The van der Waals surface area contributed by atoms with Gasteiger partial charge < -0.3 is 4.90 Å². The number of fused-ring (bicyclic) bond motifs is 7. The molecule has 0 amide bonds. The Morgan fingerprint density at radius 2 is 0.672 bits per heavy atom. The van der Waals surface area contributed by atoms with E-state index >= 15 is 0 Å². The smallest absolute Gasteiger partial charge is 0.0462 e. The zero-order valence-corrected chi connectivity index (χ0v) is 36.0. The molecule has 12 rings (SSSR count). The van der Waals surface area contributed by atoms with Crippen molar-refractivity contribution < 1.29 is 0 Å². The summed E-state index contributed by atoms with van der Waals surface area (Å²) in [7, 11) is 0. The van der Waals surface area contributed by atoms with Crippen molar-refractivity contribution in [3.05, 3.63) is 248 Å². The summed E-state index contributed by atoms with van der Waals surface area (Å²) >= 11 is 0. The topological polar surface area (TPSA) is 3.24 Å². The molecule has 11 aromatic carbocycles. The van der Waals surface area contributed by atoms with Crippen LogP contribution in [-0.2, 0) is 5.41 Å². The quantitative estimate of drug-likeness (QED) is 0.145. The summed E-state index contributed by atoms with van der Waals surface area (Å²) in [4.78, 5) is 2.38. The lowest BCUT2D eigenvalue weighted by atomic mass is 9.79. The van der Waals surface area contributed by atoms with E-state index in [4.69, 9.17) is 0 Å². The maximum atomic E-state index is 2.38. The first-order valence-electron chi connectivity index (χ1n) is 22.3. The molecule has 0 N–H and O–H groups in total. The van der Waals surface area contributed by atoms with E-state index < -0.39 is 0 Å². The first-order valence-corrected chi connectivity index (χ1v) is 22.3. The lowest BCUT2D eigenvalue weighted by Gasteiger charge is -2.27. The van der Waals surface area contributed by atoms with Crippen molar-refractivity contribution in [3.63, 3.8) is 0 Å². The molecule has 0 saturated carbocycles. The Kier molecular flexibility index (Phi) is 8.91. The molecule has 1 heteroatoms. The molecule has 1 aliphatic rings. The lowest BCUT2D eigenvalue weighted by molar-refractivity contribution is 0.662. The SMILES string of the molecule is CC1(C)c2ccccc2-c2cccc(-c3ccc(N(c4ccc(-c5ccc(-c6cccc7ccccc67)cc5)cc4)c4ccc(-c5cccc6c5ccc5ccccc56)cc4)cc3)c21. The molecule has 0 atom stereocenters. The summed E-state index contributed by atoms with van der Waals surface area (Å²) in [6.45, 7) is 4.73. The van der Waals surface area contributed by atoms with Gasteiger partial charge in [0.1, 0.15) is 0 Å². The van der Waals surface area contributed by atoms with Crippen LogP contribution in [0.4, 0.5) is 17.1 Å². The van der Waals surface area contributed by atoms with E-state index in [0.717, 1.165) is 17.1 Å². The average molecular weight is 816 g/mol. The Labute approximate surface area is 375 Å². The van der Waals surface area contributed by atoms with Crippen LogP contribution in [-0.4, -0.2) is 0 Å². The Bertz CT molecular complexity index is 3540. The highest BCUT2D eigenvalue weighted by Gasteiger charge is 2.37. The number of anilines is 3. The third-order valence-electron chi connectivity index (χ3n) is 13.7. The standard InChI is InChI=1S/C63H45N/c1-63(2)61-23-8-7-17-59(61)60-22-11-20-56(62(60)63)48-32-39-51(40-33-48)64(50-37-30-47(31-38-50)55-19-10-21-57-54-16-6-4-13-45(54)34-41-58(55)57)49-35-28-43(29-36-49)42-24-26-46(27-25-42)53-18-9-14-44-12-3-5-15-52(44)53/h3-41H,1-2H3. The van der Waals surface area contributed by atoms with E-state index in [-0.39, 0.29) is 5.41 Å². The van der Waals surface area contributed by atoms with E-state index in [0.29, 0.717) is 0 Å². The van der Waals surface area contributed by atoms with Crippen molar-refractivity contribution in [1.29, 1.82) is 0 Å². The molecular weight excluding hydrogens is 771 g/mol. The maximum absolute atomic E-state index is 2.38. The van der Waals surface area contributed by atoms with Crippen LogP contribution in [0.2, 0.25) is 0 Å². The number of nitrogens with zero attached hydrogens (tertiary/aromatic N) is 1. The molecular formula is C63H45N. The van der Waals surface area contributed by atoms with Crippen LogP contribution in [0.3, 0.4) is 0 Å². The minimum absolute atomic E-state index is 0.0931. The fourth-order valence-electron chi connectivity index (χ4n) is 10.5. The van der Waals surface area contributed by atoms with Gasteiger partial charge in [0, 0.05) is 22.5 Å². The molecule has 0 saturated heterocycles. The largest absolute Gasteiger partial charge is 0.311 e. The van der Waals surface area contributed by atoms with Gasteiger partial charge in [-0.1, -0.05) is 214 Å². The third-order valence-corrected chi connectivity index (χ3v) is 13.7. The van der Waals surface area contributed by atoms with Gasteiger partial charge in [-0.05, 0) is 135 Å². The molecule has 64 heavy (non-hydrogen) atoms. The van der Waals surface area contributed by atoms with Gasteiger partial charge in [0.05, 0.1) is 0 Å². The van der Waals surface area contributed by atoms with Crippen LogP contribution in [0.1, 0.15) is 25.0 Å². The second kappa shape index (κ2) is 15.1. The Balaban J connectivity index is 0.915. The molecule has 0 aliphatic heterocycles. The highest BCUT2D eigenvalue weighted by molar-refractivity contribution is 6.12.